The van der Waals surface area contributed by atoms with Crippen molar-refractivity contribution >= 4 is 0 Å². The molecule has 1 aliphatic carbocycles. The molecule has 0 N–H and O–H groups in total. The maximum absolute atomic E-state index is 2.39. The Kier molecular flexibility index (Phi) is 11.6. The van der Waals surface area contributed by atoms with Crippen molar-refractivity contribution in [3.05, 3.63) is 23.8 Å². The lowest BCUT2D eigenvalue weighted by Crippen LogP contribution is -1.87. The minimum atomic E-state index is 0.974. The highest BCUT2D eigenvalue weighted by atomic mass is 14.2. The Hall–Kier alpha value is -0.520. The third kappa shape index (κ3) is 9.93. The Balaban J connectivity index is 1.88. The average molecular weight is 291 g/mol. The van der Waals surface area contributed by atoms with Crippen LogP contribution in [0.25, 0.3) is 0 Å². The van der Waals surface area contributed by atoms with Crippen molar-refractivity contribution < 1.29 is 0 Å². The van der Waals surface area contributed by atoms with Crippen molar-refractivity contribution in [1.82, 2.24) is 0 Å². The van der Waals surface area contributed by atoms with E-state index in [4.69, 9.17) is 0 Å². The van der Waals surface area contributed by atoms with E-state index in [0.29, 0.717) is 0 Å². The molecule has 0 heteroatoms. The van der Waals surface area contributed by atoms with Crippen LogP contribution in [-0.2, 0) is 0 Å². The molecule has 0 nitrogen and oxygen atoms in total. The summed E-state index contributed by atoms with van der Waals surface area (Å²) in [6.45, 7) is 4.62. The lowest BCUT2D eigenvalue weighted by Gasteiger charge is -2.01. The highest BCUT2D eigenvalue weighted by molar-refractivity contribution is 5.16. The molecule has 0 aliphatic heterocycles. The first kappa shape index (κ1) is 18.5. The van der Waals surface area contributed by atoms with Gasteiger partial charge < -0.3 is 0 Å². The van der Waals surface area contributed by atoms with Gasteiger partial charge in [0.15, 0.2) is 0 Å². The van der Waals surface area contributed by atoms with Gasteiger partial charge in [-0.25, -0.2) is 0 Å². The SMILES string of the molecule is CCCCCCCCCCC/C=C/C=C1/CCC(CC)C1. The molecule has 0 aromatic heterocycles. The molecule has 1 rings (SSSR count). The Morgan fingerprint density at radius 2 is 1.57 bits per heavy atom. The van der Waals surface area contributed by atoms with E-state index in [1.807, 2.05) is 0 Å². The van der Waals surface area contributed by atoms with Crippen LogP contribution in [0.5, 0.6) is 0 Å². The molecule has 1 fully saturated rings. The van der Waals surface area contributed by atoms with Gasteiger partial charge in [0.25, 0.3) is 0 Å². The highest BCUT2D eigenvalue weighted by Crippen LogP contribution is 2.32. The summed E-state index contributed by atoms with van der Waals surface area (Å²) in [7, 11) is 0. The molecule has 1 saturated carbocycles. The van der Waals surface area contributed by atoms with Crippen LogP contribution in [0.1, 0.15) is 104 Å². The van der Waals surface area contributed by atoms with E-state index >= 15 is 0 Å². The van der Waals surface area contributed by atoms with Gasteiger partial charge in [0.05, 0.1) is 0 Å². The zero-order valence-corrected chi connectivity index (χ0v) is 14.7. The molecule has 1 aliphatic rings. The highest BCUT2D eigenvalue weighted by Gasteiger charge is 2.16. The Bertz CT molecular complexity index is 284. The number of allylic oxidation sites excluding steroid dienone is 4. The monoisotopic (exact) mass is 290 g/mol. The van der Waals surface area contributed by atoms with Gasteiger partial charge in [-0.2, -0.15) is 0 Å². The summed E-state index contributed by atoms with van der Waals surface area (Å²) in [6, 6.07) is 0. The van der Waals surface area contributed by atoms with Crippen LogP contribution in [0.3, 0.4) is 0 Å². The van der Waals surface area contributed by atoms with Crippen molar-refractivity contribution in [3.63, 3.8) is 0 Å². The first-order chi connectivity index (χ1) is 10.4. The number of hydrogen-bond acceptors (Lipinski definition) is 0. The van der Waals surface area contributed by atoms with Crippen LogP contribution < -0.4 is 0 Å². The van der Waals surface area contributed by atoms with Crippen LogP contribution in [0.15, 0.2) is 23.8 Å². The first-order valence-corrected chi connectivity index (χ1v) is 9.71. The summed E-state index contributed by atoms with van der Waals surface area (Å²) >= 11 is 0. The molecule has 0 bridgehead atoms. The van der Waals surface area contributed by atoms with Crippen molar-refractivity contribution in [2.45, 2.75) is 104 Å². The fraction of sp³-hybridized carbons (Fsp3) is 0.810. The van der Waals surface area contributed by atoms with Crippen molar-refractivity contribution in [2.75, 3.05) is 0 Å². The number of rotatable bonds is 12. The summed E-state index contributed by atoms with van der Waals surface area (Å²) in [4.78, 5) is 0. The lowest BCUT2D eigenvalue weighted by atomic mass is 10.1. The van der Waals surface area contributed by atoms with Gasteiger partial charge >= 0.3 is 0 Å². The summed E-state index contributed by atoms with van der Waals surface area (Å²) in [6.07, 6.45) is 26.7. The molecule has 1 unspecified atom stereocenters. The lowest BCUT2D eigenvalue weighted by molar-refractivity contribution is 0.538. The number of unbranched alkanes of at least 4 members (excludes halogenated alkanes) is 9. The van der Waals surface area contributed by atoms with Gasteiger partial charge in [0, 0.05) is 0 Å². The zero-order chi connectivity index (χ0) is 15.2. The molecule has 0 aromatic carbocycles. The molecular weight excluding hydrogens is 252 g/mol. The van der Waals surface area contributed by atoms with Crippen molar-refractivity contribution in [2.24, 2.45) is 5.92 Å². The average Bonchev–Trinajstić information content (AvgIpc) is 2.96. The molecule has 21 heavy (non-hydrogen) atoms. The smallest absolute Gasteiger partial charge is 0.0289 e. The Morgan fingerprint density at radius 3 is 2.19 bits per heavy atom. The van der Waals surface area contributed by atoms with Crippen LogP contribution in [0.4, 0.5) is 0 Å². The van der Waals surface area contributed by atoms with Crippen LogP contribution in [0.2, 0.25) is 0 Å². The van der Waals surface area contributed by atoms with E-state index in [1.165, 1.54) is 89.9 Å². The molecule has 0 saturated heterocycles. The maximum atomic E-state index is 2.39. The first-order valence-electron chi connectivity index (χ1n) is 9.71. The second kappa shape index (κ2) is 13.2. The Labute approximate surface area is 134 Å². The molecule has 0 spiro atoms. The predicted octanol–water partition coefficient (Wildman–Crippen LogP) is 7.60. The third-order valence-corrected chi connectivity index (χ3v) is 4.94. The van der Waals surface area contributed by atoms with E-state index in [9.17, 15) is 0 Å². The molecule has 0 radical (unpaired) electrons. The van der Waals surface area contributed by atoms with Crippen LogP contribution in [-0.4, -0.2) is 0 Å². The summed E-state index contributed by atoms with van der Waals surface area (Å²) in [5.74, 6) is 0.974. The predicted molar refractivity (Wildman–Crippen MR) is 96.7 cm³/mol. The second-order valence-electron chi connectivity index (χ2n) is 6.89. The third-order valence-electron chi connectivity index (χ3n) is 4.94. The van der Waals surface area contributed by atoms with Gasteiger partial charge in [0.2, 0.25) is 0 Å². The standard InChI is InChI=1S/C21H38/c1-3-5-6-7-8-9-10-11-12-13-14-15-16-21-18-17-20(4-2)19-21/h14-16,20H,3-13,17-19H2,1-2H3/b15-14+,21-16-. The van der Waals surface area contributed by atoms with Gasteiger partial charge in [0.1, 0.15) is 0 Å². The van der Waals surface area contributed by atoms with E-state index in [2.05, 4.69) is 32.1 Å². The molecular formula is C21H38. The molecule has 0 amide bonds. The van der Waals surface area contributed by atoms with Crippen molar-refractivity contribution in [3.8, 4) is 0 Å². The zero-order valence-electron chi connectivity index (χ0n) is 14.7. The fourth-order valence-electron chi connectivity index (χ4n) is 3.34. The van der Waals surface area contributed by atoms with E-state index in [1.54, 1.807) is 5.57 Å². The van der Waals surface area contributed by atoms with Gasteiger partial charge in [-0.1, -0.05) is 95.4 Å². The minimum absolute atomic E-state index is 0.974. The molecule has 1 atom stereocenters. The van der Waals surface area contributed by atoms with Gasteiger partial charge in [-0.05, 0) is 38.0 Å². The van der Waals surface area contributed by atoms with Gasteiger partial charge in [-0.3, -0.25) is 0 Å². The molecule has 0 aromatic rings. The minimum Gasteiger partial charge on any atom is -0.0845 e. The van der Waals surface area contributed by atoms with E-state index in [0.717, 1.165) is 5.92 Å². The normalized spacial score (nSPS) is 20.9. The largest absolute Gasteiger partial charge is 0.0845 e. The second-order valence-corrected chi connectivity index (χ2v) is 6.89. The Morgan fingerprint density at radius 1 is 0.905 bits per heavy atom. The van der Waals surface area contributed by atoms with Gasteiger partial charge in [-0.15, -0.1) is 0 Å². The van der Waals surface area contributed by atoms with E-state index in [-0.39, 0.29) is 0 Å². The fourth-order valence-corrected chi connectivity index (χ4v) is 3.34. The quantitative estimate of drug-likeness (QED) is 0.325. The number of hydrogen-bond donors (Lipinski definition) is 0. The van der Waals surface area contributed by atoms with Crippen LogP contribution in [0, 0.1) is 5.92 Å². The molecule has 0 heterocycles. The van der Waals surface area contributed by atoms with E-state index < -0.39 is 0 Å². The topological polar surface area (TPSA) is 0 Å². The van der Waals surface area contributed by atoms with Crippen LogP contribution >= 0.6 is 0 Å². The molecule has 122 valence electrons. The maximum Gasteiger partial charge on any atom is -0.0289 e. The van der Waals surface area contributed by atoms with Crippen molar-refractivity contribution in [1.29, 1.82) is 0 Å². The summed E-state index contributed by atoms with van der Waals surface area (Å²) in [5.41, 5.74) is 1.69. The summed E-state index contributed by atoms with van der Waals surface area (Å²) in [5, 5.41) is 0. The summed E-state index contributed by atoms with van der Waals surface area (Å²) < 4.78 is 0.